The van der Waals surface area contributed by atoms with E-state index in [1.165, 1.54) is 18.5 Å². The van der Waals surface area contributed by atoms with Gasteiger partial charge in [-0.1, -0.05) is 0 Å². The van der Waals surface area contributed by atoms with Crippen LogP contribution in [0.15, 0.2) is 58.2 Å². The van der Waals surface area contributed by atoms with Crippen LogP contribution < -0.4 is 15.8 Å². The van der Waals surface area contributed by atoms with E-state index in [1.807, 2.05) is 25.1 Å². The Balaban J connectivity index is 1.59. The molecule has 39 heavy (non-hydrogen) atoms. The van der Waals surface area contributed by atoms with Crippen molar-refractivity contribution in [3.05, 3.63) is 76.0 Å². The minimum absolute atomic E-state index is 0.254. The average Bonchev–Trinajstić information content (AvgIpc) is 3.60. The zero-order valence-electron chi connectivity index (χ0n) is 21.1. The molecule has 0 radical (unpaired) electrons. The van der Waals surface area contributed by atoms with Crippen LogP contribution in [0, 0.1) is 6.92 Å². The van der Waals surface area contributed by atoms with Gasteiger partial charge in [0.2, 0.25) is 0 Å². The van der Waals surface area contributed by atoms with E-state index < -0.39 is 23.4 Å². The van der Waals surface area contributed by atoms with Crippen LogP contribution in [0.3, 0.4) is 0 Å². The second-order valence-electron chi connectivity index (χ2n) is 9.99. The lowest BCUT2D eigenvalue weighted by Crippen LogP contribution is -2.31. The molecule has 11 heteroatoms. The highest BCUT2D eigenvalue weighted by Gasteiger charge is 2.36. The summed E-state index contributed by atoms with van der Waals surface area (Å²) in [7, 11) is 0. The minimum Gasteiger partial charge on any atom is -0.444 e. The number of aryl methyl sites for hydroxylation is 1. The smallest absolute Gasteiger partial charge is 0.418 e. The third-order valence-corrected chi connectivity index (χ3v) is 7.21. The SMILES string of the molecule is Cc1cc(-c2cnco2)cc(-c2nn(-c3cc(N4CC[C@H](O)C4)ccc3C(F)(F)F)c(=O)c3c2CCCN3)c1. The molecule has 0 unspecified atom stereocenters. The van der Waals surface area contributed by atoms with Crippen molar-refractivity contribution in [3.63, 3.8) is 0 Å². The minimum atomic E-state index is -4.72. The number of aliphatic hydroxyl groups is 1. The standard InChI is InChI=1S/C28H26F3N5O3/c1-16-9-17(24-13-32-15-39-24)11-18(10-16)25-21-3-2-7-33-26(21)27(38)36(34-25)23-12-19(35-8-6-20(37)14-35)4-5-22(23)28(29,30)31/h4-5,9-13,15,20,33,37H,2-3,6-8,14H2,1H3/t20-/m0/s1. The molecule has 0 saturated carbocycles. The molecule has 2 aromatic heterocycles. The molecule has 1 fully saturated rings. The summed E-state index contributed by atoms with van der Waals surface area (Å²) in [5.41, 5.74) is 2.16. The fraction of sp³-hybridized carbons (Fsp3) is 0.321. The fourth-order valence-electron chi connectivity index (χ4n) is 5.39. The highest BCUT2D eigenvalue weighted by Crippen LogP contribution is 2.38. The molecule has 1 atom stereocenters. The van der Waals surface area contributed by atoms with Gasteiger partial charge in [-0.15, -0.1) is 0 Å². The topological polar surface area (TPSA) is 96.4 Å². The normalized spacial score (nSPS) is 17.3. The molecule has 6 rings (SSSR count). The first-order valence-corrected chi connectivity index (χ1v) is 12.7. The monoisotopic (exact) mass is 537 g/mol. The lowest BCUT2D eigenvalue weighted by molar-refractivity contribution is -0.137. The zero-order chi connectivity index (χ0) is 27.3. The Morgan fingerprint density at radius 2 is 1.97 bits per heavy atom. The van der Waals surface area contributed by atoms with Gasteiger partial charge in [0.15, 0.2) is 12.2 Å². The predicted molar refractivity (Wildman–Crippen MR) is 140 cm³/mol. The molecule has 0 amide bonds. The maximum atomic E-state index is 14.2. The Morgan fingerprint density at radius 1 is 1.15 bits per heavy atom. The molecule has 8 nitrogen and oxygen atoms in total. The third kappa shape index (κ3) is 4.67. The van der Waals surface area contributed by atoms with E-state index in [2.05, 4.69) is 15.4 Å². The van der Waals surface area contributed by atoms with E-state index in [0.717, 1.165) is 28.3 Å². The van der Waals surface area contributed by atoms with Crippen molar-refractivity contribution in [1.29, 1.82) is 0 Å². The number of fused-ring (bicyclic) bond motifs is 1. The summed E-state index contributed by atoms with van der Waals surface area (Å²) >= 11 is 0. The average molecular weight is 538 g/mol. The Labute approximate surface area is 221 Å². The van der Waals surface area contributed by atoms with Crippen molar-refractivity contribution in [1.82, 2.24) is 14.8 Å². The molecule has 0 bridgehead atoms. The van der Waals surface area contributed by atoms with E-state index in [-0.39, 0.29) is 11.4 Å². The zero-order valence-corrected chi connectivity index (χ0v) is 21.1. The van der Waals surface area contributed by atoms with Crippen LogP contribution in [0.5, 0.6) is 0 Å². The molecule has 0 aliphatic carbocycles. The molecule has 2 aliphatic rings. The Hall–Kier alpha value is -4.12. The number of aliphatic hydroxyl groups excluding tert-OH is 1. The quantitative estimate of drug-likeness (QED) is 0.386. The number of halogens is 3. The van der Waals surface area contributed by atoms with Gasteiger partial charge >= 0.3 is 6.18 Å². The summed E-state index contributed by atoms with van der Waals surface area (Å²) in [6, 6.07) is 9.33. The number of β-amino-alcohol motifs (C(OH)–C–C–N with tert-alkyl or cyclic N) is 1. The van der Waals surface area contributed by atoms with E-state index in [4.69, 9.17) is 4.42 Å². The number of hydrogen-bond acceptors (Lipinski definition) is 7. The summed E-state index contributed by atoms with van der Waals surface area (Å²) < 4.78 is 49.0. The van der Waals surface area contributed by atoms with Gasteiger partial charge in [0, 0.05) is 42.0 Å². The number of benzene rings is 2. The maximum Gasteiger partial charge on any atom is 0.418 e. The van der Waals surface area contributed by atoms with Crippen molar-refractivity contribution in [3.8, 4) is 28.3 Å². The van der Waals surface area contributed by atoms with Crippen LogP contribution in [0.1, 0.15) is 29.5 Å². The van der Waals surface area contributed by atoms with Gasteiger partial charge in [-0.05, 0) is 68.1 Å². The van der Waals surface area contributed by atoms with Crippen molar-refractivity contribution in [2.24, 2.45) is 0 Å². The van der Waals surface area contributed by atoms with Gasteiger partial charge in [0.05, 0.1) is 29.2 Å². The number of hydrogen-bond donors (Lipinski definition) is 2. The number of aromatic nitrogens is 3. The van der Waals surface area contributed by atoms with Crippen LogP contribution in [0.2, 0.25) is 0 Å². The Kier molecular flexibility index (Phi) is 6.17. The van der Waals surface area contributed by atoms with Crippen molar-refractivity contribution < 1.29 is 22.7 Å². The second kappa shape index (κ2) is 9.57. The lowest BCUT2D eigenvalue weighted by Gasteiger charge is -2.24. The van der Waals surface area contributed by atoms with Crippen LogP contribution in [-0.4, -0.2) is 45.6 Å². The summed E-state index contributed by atoms with van der Waals surface area (Å²) in [6.07, 6.45) is -0.534. The van der Waals surface area contributed by atoms with Crippen molar-refractivity contribution >= 4 is 11.4 Å². The molecule has 2 N–H and O–H groups in total. The first kappa shape index (κ1) is 25.2. The number of rotatable bonds is 4. The van der Waals surface area contributed by atoms with E-state index >= 15 is 0 Å². The lowest BCUT2D eigenvalue weighted by atomic mass is 9.95. The number of nitrogens with one attached hydrogen (secondary N) is 1. The molecule has 4 aromatic rings. The summed E-state index contributed by atoms with van der Waals surface area (Å²) in [5.74, 6) is 0.542. The fourth-order valence-corrected chi connectivity index (χ4v) is 5.39. The molecule has 0 spiro atoms. The summed E-state index contributed by atoms with van der Waals surface area (Å²) in [4.78, 5) is 19.5. The van der Waals surface area contributed by atoms with Gasteiger partial charge in [-0.2, -0.15) is 23.0 Å². The van der Waals surface area contributed by atoms with Crippen molar-refractivity contribution in [2.75, 3.05) is 29.9 Å². The number of oxazole rings is 1. The van der Waals surface area contributed by atoms with Crippen LogP contribution in [-0.2, 0) is 12.6 Å². The Morgan fingerprint density at radius 3 is 2.69 bits per heavy atom. The molecule has 2 aliphatic heterocycles. The van der Waals surface area contributed by atoms with E-state index in [1.54, 1.807) is 11.1 Å². The maximum absolute atomic E-state index is 14.2. The third-order valence-electron chi connectivity index (χ3n) is 7.21. The highest BCUT2D eigenvalue weighted by atomic mass is 19.4. The van der Waals surface area contributed by atoms with E-state index in [0.29, 0.717) is 60.7 Å². The van der Waals surface area contributed by atoms with Gasteiger partial charge in [-0.25, -0.2) is 4.98 Å². The van der Waals surface area contributed by atoms with Gasteiger partial charge in [0.1, 0.15) is 5.69 Å². The number of alkyl halides is 3. The van der Waals surface area contributed by atoms with Crippen LogP contribution in [0.25, 0.3) is 28.3 Å². The Bertz CT molecular complexity index is 1600. The number of nitrogens with zero attached hydrogens (tertiary/aromatic N) is 4. The molecular weight excluding hydrogens is 511 g/mol. The first-order chi connectivity index (χ1) is 18.7. The largest absolute Gasteiger partial charge is 0.444 e. The predicted octanol–water partition coefficient (Wildman–Crippen LogP) is 4.81. The van der Waals surface area contributed by atoms with Gasteiger partial charge in [-0.3, -0.25) is 4.79 Å². The number of anilines is 2. The van der Waals surface area contributed by atoms with Gasteiger partial charge in [0.25, 0.3) is 5.56 Å². The summed E-state index contributed by atoms with van der Waals surface area (Å²) in [6.45, 7) is 3.23. The summed E-state index contributed by atoms with van der Waals surface area (Å²) in [5, 5.41) is 17.7. The van der Waals surface area contributed by atoms with Crippen LogP contribution >= 0.6 is 0 Å². The van der Waals surface area contributed by atoms with Gasteiger partial charge < -0.3 is 19.7 Å². The first-order valence-electron chi connectivity index (χ1n) is 12.7. The molecule has 202 valence electrons. The van der Waals surface area contributed by atoms with E-state index in [9.17, 15) is 23.1 Å². The molecule has 4 heterocycles. The molecular formula is C28H26F3N5O3. The highest BCUT2D eigenvalue weighted by molar-refractivity contribution is 5.75. The van der Waals surface area contributed by atoms with Crippen molar-refractivity contribution in [2.45, 2.75) is 38.5 Å². The molecule has 1 saturated heterocycles. The van der Waals surface area contributed by atoms with Crippen LogP contribution in [0.4, 0.5) is 24.5 Å². The second-order valence-corrected chi connectivity index (χ2v) is 9.99. The molecule has 2 aromatic carbocycles.